The average Bonchev–Trinajstić information content (AvgIpc) is 2.03. The van der Waals surface area contributed by atoms with E-state index in [-0.39, 0.29) is 6.29 Å². The Kier molecular flexibility index (Phi) is 3.74. The van der Waals surface area contributed by atoms with Crippen LogP contribution in [0.25, 0.3) is 0 Å². The number of hydrogen-bond acceptors (Lipinski definition) is 2. The minimum absolute atomic E-state index is 0.0338. The molecule has 1 heterocycles. The Bertz CT molecular complexity index is 138. The van der Waals surface area contributed by atoms with E-state index in [1.165, 1.54) is 0 Å². The summed E-state index contributed by atoms with van der Waals surface area (Å²) in [4.78, 5) is 0. The van der Waals surface area contributed by atoms with Crippen LogP contribution in [0, 0.1) is 11.8 Å². The molecule has 2 unspecified atom stereocenters. The summed E-state index contributed by atoms with van der Waals surface area (Å²) in [6.07, 6.45) is 1.75. The molecule has 0 aromatic rings. The zero-order chi connectivity index (χ0) is 10.0. The van der Waals surface area contributed by atoms with Gasteiger partial charge in [-0.2, -0.15) is 0 Å². The predicted molar refractivity (Wildman–Crippen MR) is 53.5 cm³/mol. The first-order valence-electron chi connectivity index (χ1n) is 5.31. The van der Waals surface area contributed by atoms with E-state index in [4.69, 9.17) is 9.47 Å². The van der Waals surface area contributed by atoms with E-state index < -0.39 is 0 Å². The molecule has 0 bridgehead atoms. The summed E-state index contributed by atoms with van der Waals surface area (Å²) in [5.74, 6) is 1.18. The number of ether oxygens (including phenoxy) is 2. The fraction of sp³-hybridized carbons (Fsp3) is 1.00. The Morgan fingerprint density at radius 2 is 1.31 bits per heavy atom. The van der Waals surface area contributed by atoms with Crippen molar-refractivity contribution in [1.29, 1.82) is 0 Å². The molecule has 0 amide bonds. The molecule has 0 aromatic heterocycles. The molecule has 1 fully saturated rings. The molecule has 13 heavy (non-hydrogen) atoms. The van der Waals surface area contributed by atoms with E-state index in [0.29, 0.717) is 24.0 Å². The van der Waals surface area contributed by atoms with Crippen molar-refractivity contribution in [2.75, 3.05) is 0 Å². The topological polar surface area (TPSA) is 18.5 Å². The molecule has 0 aliphatic carbocycles. The third-order valence-corrected chi connectivity index (χ3v) is 2.68. The van der Waals surface area contributed by atoms with Crippen molar-refractivity contribution in [1.82, 2.24) is 0 Å². The Morgan fingerprint density at radius 1 is 0.923 bits per heavy atom. The molecule has 0 spiro atoms. The van der Waals surface area contributed by atoms with E-state index in [9.17, 15) is 0 Å². The molecule has 1 saturated heterocycles. The Hall–Kier alpha value is -0.0800. The SMILES string of the molecule is CC1OC(C(C)C)CC(C(C)C)O1. The molecule has 0 aromatic carbocycles. The van der Waals surface area contributed by atoms with E-state index in [1.54, 1.807) is 0 Å². The van der Waals surface area contributed by atoms with Crippen LogP contribution in [0.1, 0.15) is 41.0 Å². The quantitative estimate of drug-likeness (QED) is 0.660. The normalized spacial score (nSPS) is 35.8. The van der Waals surface area contributed by atoms with Crippen molar-refractivity contribution in [2.24, 2.45) is 11.8 Å². The first kappa shape index (κ1) is 11.0. The second kappa shape index (κ2) is 4.43. The van der Waals surface area contributed by atoms with Crippen LogP contribution in [0.15, 0.2) is 0 Å². The highest BCUT2D eigenvalue weighted by Crippen LogP contribution is 2.27. The lowest BCUT2D eigenvalue weighted by Gasteiger charge is -2.37. The smallest absolute Gasteiger partial charge is 0.155 e. The molecular formula is C11H22O2. The maximum atomic E-state index is 5.71. The second-order valence-corrected chi connectivity index (χ2v) is 4.64. The predicted octanol–water partition coefficient (Wildman–Crippen LogP) is 2.82. The molecule has 1 aliphatic heterocycles. The zero-order valence-electron chi connectivity index (χ0n) is 9.41. The molecule has 0 saturated carbocycles. The summed E-state index contributed by atoms with van der Waals surface area (Å²) in [7, 11) is 0. The van der Waals surface area contributed by atoms with Crippen LogP contribution in [0.4, 0.5) is 0 Å². The maximum Gasteiger partial charge on any atom is 0.155 e. The lowest BCUT2D eigenvalue weighted by molar-refractivity contribution is -0.250. The van der Waals surface area contributed by atoms with Gasteiger partial charge in [0.15, 0.2) is 6.29 Å². The van der Waals surface area contributed by atoms with E-state index in [1.807, 2.05) is 6.92 Å². The molecule has 0 N–H and O–H groups in total. The van der Waals surface area contributed by atoms with Gasteiger partial charge >= 0.3 is 0 Å². The Morgan fingerprint density at radius 3 is 1.62 bits per heavy atom. The molecule has 0 radical (unpaired) electrons. The van der Waals surface area contributed by atoms with E-state index in [0.717, 1.165) is 6.42 Å². The highest BCUT2D eigenvalue weighted by atomic mass is 16.7. The standard InChI is InChI=1S/C11H22O2/c1-7(2)10-6-11(8(3)4)13-9(5)12-10/h7-11H,6H2,1-5H3. The van der Waals surface area contributed by atoms with Crippen LogP contribution in [0.5, 0.6) is 0 Å². The maximum absolute atomic E-state index is 5.71. The summed E-state index contributed by atoms with van der Waals surface area (Å²) < 4.78 is 11.4. The highest BCUT2D eigenvalue weighted by molar-refractivity contribution is 4.75. The summed E-state index contributed by atoms with van der Waals surface area (Å²) in [5, 5.41) is 0. The van der Waals surface area contributed by atoms with Crippen LogP contribution < -0.4 is 0 Å². The molecule has 2 heteroatoms. The van der Waals surface area contributed by atoms with E-state index in [2.05, 4.69) is 27.7 Å². The van der Waals surface area contributed by atoms with Gasteiger partial charge in [0.2, 0.25) is 0 Å². The minimum Gasteiger partial charge on any atom is -0.349 e. The van der Waals surface area contributed by atoms with E-state index >= 15 is 0 Å². The van der Waals surface area contributed by atoms with Gasteiger partial charge in [-0.1, -0.05) is 27.7 Å². The largest absolute Gasteiger partial charge is 0.349 e. The van der Waals surface area contributed by atoms with Crippen LogP contribution in [-0.2, 0) is 9.47 Å². The second-order valence-electron chi connectivity index (χ2n) is 4.64. The third kappa shape index (κ3) is 2.96. The van der Waals surface area contributed by atoms with Gasteiger partial charge in [0, 0.05) is 6.42 Å². The molecule has 78 valence electrons. The van der Waals surface area contributed by atoms with Crippen LogP contribution >= 0.6 is 0 Å². The van der Waals surface area contributed by atoms with Gasteiger partial charge in [-0.3, -0.25) is 0 Å². The Labute approximate surface area is 81.6 Å². The monoisotopic (exact) mass is 186 g/mol. The minimum atomic E-state index is -0.0338. The van der Waals surface area contributed by atoms with Crippen molar-refractivity contribution >= 4 is 0 Å². The van der Waals surface area contributed by atoms with Gasteiger partial charge in [-0.05, 0) is 18.8 Å². The van der Waals surface area contributed by atoms with Crippen molar-refractivity contribution in [2.45, 2.75) is 59.5 Å². The van der Waals surface area contributed by atoms with Crippen LogP contribution in [0.2, 0.25) is 0 Å². The van der Waals surface area contributed by atoms with Gasteiger partial charge < -0.3 is 9.47 Å². The van der Waals surface area contributed by atoms with Gasteiger partial charge in [0.05, 0.1) is 12.2 Å². The average molecular weight is 186 g/mol. The summed E-state index contributed by atoms with van der Waals surface area (Å²) >= 11 is 0. The lowest BCUT2D eigenvalue weighted by atomic mass is 9.94. The zero-order valence-corrected chi connectivity index (χ0v) is 9.41. The Balaban J connectivity index is 2.52. The van der Waals surface area contributed by atoms with Crippen molar-refractivity contribution < 1.29 is 9.47 Å². The molecule has 2 nitrogen and oxygen atoms in total. The first-order valence-corrected chi connectivity index (χ1v) is 5.31. The first-order chi connectivity index (χ1) is 6.00. The van der Waals surface area contributed by atoms with Gasteiger partial charge in [-0.25, -0.2) is 0 Å². The molecular weight excluding hydrogens is 164 g/mol. The number of rotatable bonds is 2. The molecule has 2 atom stereocenters. The van der Waals surface area contributed by atoms with Gasteiger partial charge in [0.1, 0.15) is 0 Å². The summed E-state index contributed by atoms with van der Waals surface area (Å²) in [6.45, 7) is 10.8. The van der Waals surface area contributed by atoms with Crippen molar-refractivity contribution in [3.8, 4) is 0 Å². The molecule has 1 rings (SSSR count). The fourth-order valence-electron chi connectivity index (χ4n) is 1.72. The lowest BCUT2D eigenvalue weighted by Crippen LogP contribution is -2.41. The summed E-state index contributed by atoms with van der Waals surface area (Å²) in [5.41, 5.74) is 0. The van der Waals surface area contributed by atoms with Crippen LogP contribution in [-0.4, -0.2) is 18.5 Å². The van der Waals surface area contributed by atoms with Crippen molar-refractivity contribution in [3.63, 3.8) is 0 Å². The summed E-state index contributed by atoms with van der Waals surface area (Å²) in [6, 6.07) is 0. The van der Waals surface area contributed by atoms with Gasteiger partial charge in [0.25, 0.3) is 0 Å². The highest BCUT2D eigenvalue weighted by Gasteiger charge is 2.30. The third-order valence-electron chi connectivity index (χ3n) is 2.68. The number of hydrogen-bond donors (Lipinski definition) is 0. The van der Waals surface area contributed by atoms with Gasteiger partial charge in [-0.15, -0.1) is 0 Å². The van der Waals surface area contributed by atoms with Crippen molar-refractivity contribution in [3.05, 3.63) is 0 Å². The molecule has 1 aliphatic rings. The van der Waals surface area contributed by atoms with Crippen LogP contribution in [0.3, 0.4) is 0 Å². The fourth-order valence-corrected chi connectivity index (χ4v) is 1.72.